The van der Waals surface area contributed by atoms with E-state index in [-0.39, 0.29) is 0 Å². The van der Waals surface area contributed by atoms with Gasteiger partial charge in [0.05, 0.1) is 4.99 Å². The van der Waals surface area contributed by atoms with E-state index in [0.717, 1.165) is 10.9 Å². The summed E-state index contributed by atoms with van der Waals surface area (Å²) < 4.78 is 0. The molecule has 12 heavy (non-hydrogen) atoms. The molecule has 0 saturated heterocycles. The molecule has 1 aliphatic rings. The van der Waals surface area contributed by atoms with Crippen molar-refractivity contribution >= 4 is 17.2 Å². The van der Waals surface area contributed by atoms with Crippen LogP contribution in [0.25, 0.3) is 0 Å². The fraction of sp³-hybridized carbons (Fsp3) is 0.900. The van der Waals surface area contributed by atoms with Crippen molar-refractivity contribution in [1.82, 2.24) is 4.90 Å². The first-order valence-corrected chi connectivity index (χ1v) is 5.27. The molecule has 1 nitrogen and oxygen atoms in total. The van der Waals surface area contributed by atoms with Crippen LogP contribution in [0.15, 0.2) is 0 Å². The minimum atomic E-state index is 0.705. The minimum Gasteiger partial charge on any atom is -0.366 e. The van der Waals surface area contributed by atoms with Gasteiger partial charge >= 0.3 is 0 Å². The molecule has 0 aromatic rings. The largest absolute Gasteiger partial charge is 0.366 e. The molecular formula is C10H19NS. The Bertz CT molecular complexity index is 167. The predicted octanol–water partition coefficient (Wildman–Crippen LogP) is 2.84. The van der Waals surface area contributed by atoms with Gasteiger partial charge < -0.3 is 4.90 Å². The lowest BCUT2D eigenvalue weighted by Gasteiger charge is -2.37. The van der Waals surface area contributed by atoms with E-state index in [4.69, 9.17) is 12.2 Å². The van der Waals surface area contributed by atoms with Crippen LogP contribution in [0.4, 0.5) is 0 Å². The Balaban J connectivity index is 2.53. The highest BCUT2D eigenvalue weighted by Gasteiger charge is 2.24. The monoisotopic (exact) mass is 185 g/mol. The SMILES string of the molecule is CC(=S)N(C)C1CCCCC1C. The van der Waals surface area contributed by atoms with E-state index in [1.807, 2.05) is 6.92 Å². The molecule has 2 atom stereocenters. The van der Waals surface area contributed by atoms with Crippen molar-refractivity contribution in [3.05, 3.63) is 0 Å². The molecule has 0 aromatic carbocycles. The molecule has 0 bridgehead atoms. The van der Waals surface area contributed by atoms with Crippen LogP contribution in [0.1, 0.15) is 39.5 Å². The van der Waals surface area contributed by atoms with E-state index in [2.05, 4.69) is 18.9 Å². The summed E-state index contributed by atoms with van der Waals surface area (Å²) >= 11 is 5.18. The summed E-state index contributed by atoms with van der Waals surface area (Å²) in [5.41, 5.74) is 0. The van der Waals surface area contributed by atoms with Gasteiger partial charge in [-0.1, -0.05) is 32.0 Å². The van der Waals surface area contributed by atoms with Crippen molar-refractivity contribution in [2.24, 2.45) is 5.92 Å². The van der Waals surface area contributed by atoms with Crippen LogP contribution in [0.5, 0.6) is 0 Å². The summed E-state index contributed by atoms with van der Waals surface area (Å²) in [6.45, 7) is 4.37. The van der Waals surface area contributed by atoms with Crippen LogP contribution in [-0.2, 0) is 0 Å². The highest BCUT2D eigenvalue weighted by atomic mass is 32.1. The number of thiocarbonyl (C=S) groups is 1. The zero-order chi connectivity index (χ0) is 9.14. The Hall–Kier alpha value is -0.110. The van der Waals surface area contributed by atoms with E-state index in [0.29, 0.717) is 6.04 Å². The standard InChI is InChI=1S/C10H19NS/c1-8-6-4-5-7-10(8)11(3)9(2)12/h8,10H,4-7H2,1-3H3. The maximum Gasteiger partial charge on any atom is 0.0747 e. The Morgan fingerprint density at radius 2 is 1.92 bits per heavy atom. The van der Waals surface area contributed by atoms with Crippen LogP contribution in [0.3, 0.4) is 0 Å². The van der Waals surface area contributed by atoms with Crippen LogP contribution < -0.4 is 0 Å². The van der Waals surface area contributed by atoms with Gasteiger partial charge in [-0.15, -0.1) is 0 Å². The molecule has 0 radical (unpaired) electrons. The van der Waals surface area contributed by atoms with E-state index in [9.17, 15) is 0 Å². The molecule has 0 amide bonds. The van der Waals surface area contributed by atoms with Crippen LogP contribution >= 0.6 is 12.2 Å². The lowest BCUT2D eigenvalue weighted by Crippen LogP contribution is -2.40. The third-order valence-electron chi connectivity index (χ3n) is 3.06. The summed E-state index contributed by atoms with van der Waals surface area (Å²) in [5, 5.41) is 0. The van der Waals surface area contributed by atoms with Gasteiger partial charge in [-0.3, -0.25) is 0 Å². The fourth-order valence-corrected chi connectivity index (χ4v) is 2.24. The Morgan fingerprint density at radius 3 is 2.42 bits per heavy atom. The van der Waals surface area contributed by atoms with Gasteiger partial charge in [0.1, 0.15) is 0 Å². The second kappa shape index (κ2) is 4.22. The summed E-state index contributed by atoms with van der Waals surface area (Å²) in [5.74, 6) is 0.821. The lowest BCUT2D eigenvalue weighted by molar-refractivity contribution is 0.207. The summed E-state index contributed by atoms with van der Waals surface area (Å²) in [7, 11) is 2.13. The molecule has 2 heteroatoms. The molecule has 1 saturated carbocycles. The highest BCUT2D eigenvalue weighted by molar-refractivity contribution is 7.80. The van der Waals surface area contributed by atoms with Crippen molar-refractivity contribution in [3.63, 3.8) is 0 Å². The van der Waals surface area contributed by atoms with Crippen molar-refractivity contribution in [3.8, 4) is 0 Å². The van der Waals surface area contributed by atoms with Gasteiger partial charge in [-0.05, 0) is 25.7 Å². The third kappa shape index (κ3) is 2.19. The second-order valence-electron chi connectivity index (χ2n) is 3.96. The molecule has 2 unspecified atom stereocenters. The summed E-state index contributed by atoms with van der Waals surface area (Å²) in [6.07, 6.45) is 5.48. The summed E-state index contributed by atoms with van der Waals surface area (Å²) in [6, 6.07) is 0.705. The number of rotatable bonds is 1. The molecule has 0 aliphatic heterocycles. The van der Waals surface area contributed by atoms with Crippen molar-refractivity contribution in [1.29, 1.82) is 0 Å². The first kappa shape index (κ1) is 9.97. The molecular weight excluding hydrogens is 166 g/mol. The van der Waals surface area contributed by atoms with Crippen molar-refractivity contribution in [2.75, 3.05) is 7.05 Å². The molecule has 1 aliphatic carbocycles. The maximum atomic E-state index is 5.18. The van der Waals surface area contributed by atoms with Gasteiger partial charge in [-0.2, -0.15) is 0 Å². The molecule has 0 N–H and O–H groups in total. The maximum absolute atomic E-state index is 5.18. The molecule has 1 rings (SSSR count). The number of nitrogens with zero attached hydrogens (tertiary/aromatic N) is 1. The Labute approximate surface area is 81.1 Å². The highest BCUT2D eigenvalue weighted by Crippen LogP contribution is 2.27. The first-order valence-electron chi connectivity index (χ1n) is 4.86. The average Bonchev–Trinajstić information content (AvgIpc) is 2.04. The minimum absolute atomic E-state index is 0.705. The van der Waals surface area contributed by atoms with Gasteiger partial charge in [0, 0.05) is 13.1 Å². The van der Waals surface area contributed by atoms with E-state index < -0.39 is 0 Å². The predicted molar refractivity (Wildman–Crippen MR) is 57.5 cm³/mol. The van der Waals surface area contributed by atoms with E-state index >= 15 is 0 Å². The zero-order valence-corrected chi connectivity index (χ0v) is 9.16. The fourth-order valence-electron chi connectivity index (χ4n) is 2.11. The van der Waals surface area contributed by atoms with Gasteiger partial charge in [0.25, 0.3) is 0 Å². The zero-order valence-electron chi connectivity index (χ0n) is 8.34. The third-order valence-corrected chi connectivity index (χ3v) is 3.35. The smallest absolute Gasteiger partial charge is 0.0747 e. The topological polar surface area (TPSA) is 3.24 Å². The average molecular weight is 185 g/mol. The van der Waals surface area contributed by atoms with Crippen LogP contribution in [0, 0.1) is 5.92 Å². The van der Waals surface area contributed by atoms with E-state index in [1.165, 1.54) is 25.7 Å². The second-order valence-corrected chi connectivity index (χ2v) is 4.55. The normalized spacial score (nSPS) is 29.9. The Kier molecular flexibility index (Phi) is 3.51. The quantitative estimate of drug-likeness (QED) is 0.578. The molecule has 70 valence electrons. The first-order chi connectivity index (χ1) is 5.63. The number of hydrogen-bond donors (Lipinski definition) is 0. The van der Waals surface area contributed by atoms with Gasteiger partial charge in [0.15, 0.2) is 0 Å². The van der Waals surface area contributed by atoms with Crippen molar-refractivity contribution < 1.29 is 0 Å². The van der Waals surface area contributed by atoms with Crippen LogP contribution in [-0.4, -0.2) is 23.0 Å². The molecule has 1 fully saturated rings. The van der Waals surface area contributed by atoms with Gasteiger partial charge in [-0.25, -0.2) is 0 Å². The molecule has 0 spiro atoms. The summed E-state index contributed by atoms with van der Waals surface area (Å²) in [4.78, 5) is 3.31. The molecule has 0 heterocycles. The van der Waals surface area contributed by atoms with E-state index in [1.54, 1.807) is 0 Å². The van der Waals surface area contributed by atoms with Gasteiger partial charge in [0.2, 0.25) is 0 Å². The van der Waals surface area contributed by atoms with Crippen molar-refractivity contribution in [2.45, 2.75) is 45.6 Å². The van der Waals surface area contributed by atoms with Crippen LogP contribution in [0.2, 0.25) is 0 Å². The lowest BCUT2D eigenvalue weighted by atomic mass is 9.85. The Morgan fingerprint density at radius 1 is 1.33 bits per heavy atom. The molecule has 0 aromatic heterocycles. The number of hydrogen-bond acceptors (Lipinski definition) is 1.